The molecule has 0 atom stereocenters. The van der Waals surface area contributed by atoms with E-state index in [1.54, 1.807) is 24.3 Å². The maximum Gasteiger partial charge on any atom is 0.337 e. The summed E-state index contributed by atoms with van der Waals surface area (Å²) in [6, 6.07) is 10.7. The zero-order valence-corrected chi connectivity index (χ0v) is 10.6. The predicted molar refractivity (Wildman–Crippen MR) is 71.5 cm³/mol. The van der Waals surface area contributed by atoms with Crippen molar-refractivity contribution in [2.24, 2.45) is 0 Å². The van der Waals surface area contributed by atoms with Crippen LogP contribution in [0.5, 0.6) is 0 Å². The SMILES string of the molecule is O=C(O)c1cc(-c2ccc(F)cc2)ccc1-n1cnnn1. The summed E-state index contributed by atoms with van der Waals surface area (Å²) in [5.41, 5.74) is 1.81. The van der Waals surface area contributed by atoms with Crippen LogP contribution in [0.4, 0.5) is 4.39 Å². The summed E-state index contributed by atoms with van der Waals surface area (Å²) < 4.78 is 14.2. The maximum absolute atomic E-state index is 12.9. The van der Waals surface area contributed by atoms with Gasteiger partial charge >= 0.3 is 5.97 Å². The van der Waals surface area contributed by atoms with Crippen molar-refractivity contribution >= 4 is 5.97 Å². The number of rotatable bonds is 3. The van der Waals surface area contributed by atoms with Crippen molar-refractivity contribution in [1.82, 2.24) is 20.2 Å². The Morgan fingerprint density at radius 3 is 2.43 bits per heavy atom. The number of nitrogens with zero attached hydrogens (tertiary/aromatic N) is 4. The second-order valence-corrected chi connectivity index (χ2v) is 4.30. The van der Waals surface area contributed by atoms with Gasteiger partial charge in [-0.25, -0.2) is 9.18 Å². The minimum atomic E-state index is -1.09. The third-order valence-corrected chi connectivity index (χ3v) is 3.00. The van der Waals surface area contributed by atoms with Gasteiger partial charge in [0.05, 0.1) is 11.3 Å². The Morgan fingerprint density at radius 2 is 1.81 bits per heavy atom. The molecule has 0 fully saturated rings. The third-order valence-electron chi connectivity index (χ3n) is 3.00. The van der Waals surface area contributed by atoms with E-state index in [0.717, 1.165) is 5.56 Å². The Kier molecular flexibility index (Phi) is 3.15. The highest BCUT2D eigenvalue weighted by molar-refractivity contribution is 5.93. The fourth-order valence-corrected chi connectivity index (χ4v) is 2.00. The minimum Gasteiger partial charge on any atom is -0.478 e. The van der Waals surface area contributed by atoms with Crippen LogP contribution in [-0.2, 0) is 0 Å². The monoisotopic (exact) mass is 284 g/mol. The summed E-state index contributed by atoms with van der Waals surface area (Å²) in [6.45, 7) is 0. The lowest BCUT2D eigenvalue weighted by molar-refractivity contribution is 0.0697. The number of carbonyl (C=O) groups is 1. The quantitative estimate of drug-likeness (QED) is 0.797. The van der Waals surface area contributed by atoms with Crippen LogP contribution in [0.1, 0.15) is 10.4 Å². The number of hydrogen-bond donors (Lipinski definition) is 1. The largest absolute Gasteiger partial charge is 0.478 e. The van der Waals surface area contributed by atoms with Crippen molar-refractivity contribution in [2.75, 3.05) is 0 Å². The molecule has 0 saturated carbocycles. The number of hydrogen-bond acceptors (Lipinski definition) is 4. The second-order valence-electron chi connectivity index (χ2n) is 4.30. The van der Waals surface area contributed by atoms with E-state index in [-0.39, 0.29) is 11.4 Å². The molecular formula is C14H9FN4O2. The van der Waals surface area contributed by atoms with E-state index in [4.69, 9.17) is 0 Å². The molecule has 0 spiro atoms. The summed E-state index contributed by atoms with van der Waals surface area (Å²) in [4.78, 5) is 11.4. The molecule has 3 aromatic rings. The molecule has 7 heteroatoms. The molecule has 2 aromatic carbocycles. The molecule has 1 aromatic heterocycles. The molecule has 0 aliphatic rings. The number of aromatic carboxylic acids is 1. The molecular weight excluding hydrogens is 275 g/mol. The zero-order valence-electron chi connectivity index (χ0n) is 10.6. The zero-order chi connectivity index (χ0) is 14.8. The lowest BCUT2D eigenvalue weighted by Crippen LogP contribution is -2.06. The van der Waals surface area contributed by atoms with E-state index >= 15 is 0 Å². The first-order chi connectivity index (χ1) is 10.1. The molecule has 0 aliphatic carbocycles. The Balaban J connectivity index is 2.11. The number of tetrazole rings is 1. The molecule has 0 bridgehead atoms. The normalized spacial score (nSPS) is 10.5. The van der Waals surface area contributed by atoms with E-state index in [9.17, 15) is 14.3 Å². The van der Waals surface area contributed by atoms with E-state index in [1.807, 2.05) is 0 Å². The van der Waals surface area contributed by atoms with E-state index in [2.05, 4.69) is 15.5 Å². The summed E-state index contributed by atoms with van der Waals surface area (Å²) in [7, 11) is 0. The van der Waals surface area contributed by atoms with Crippen molar-refractivity contribution in [2.45, 2.75) is 0 Å². The van der Waals surface area contributed by atoms with Gasteiger partial charge < -0.3 is 5.11 Å². The van der Waals surface area contributed by atoms with Crippen molar-refractivity contribution in [3.05, 3.63) is 60.2 Å². The Bertz CT molecular complexity index is 785. The predicted octanol–water partition coefficient (Wildman–Crippen LogP) is 2.17. The molecule has 1 N–H and O–H groups in total. The molecule has 0 unspecified atom stereocenters. The minimum absolute atomic E-state index is 0.0594. The summed E-state index contributed by atoms with van der Waals surface area (Å²) in [5.74, 6) is -1.44. The van der Waals surface area contributed by atoms with Crippen LogP contribution in [0.3, 0.4) is 0 Å². The van der Waals surface area contributed by atoms with Crippen molar-refractivity contribution in [3.8, 4) is 16.8 Å². The highest BCUT2D eigenvalue weighted by atomic mass is 19.1. The first-order valence-corrected chi connectivity index (χ1v) is 6.02. The molecule has 0 amide bonds. The van der Waals surface area contributed by atoms with E-state index < -0.39 is 5.97 Å². The number of halogens is 1. The van der Waals surface area contributed by atoms with Gasteiger partial charge in [0.25, 0.3) is 0 Å². The highest BCUT2D eigenvalue weighted by Gasteiger charge is 2.14. The van der Waals surface area contributed by atoms with Gasteiger partial charge in [-0.05, 0) is 45.8 Å². The average Bonchev–Trinajstić information content (AvgIpc) is 3.01. The average molecular weight is 284 g/mol. The van der Waals surface area contributed by atoms with Crippen LogP contribution in [0.2, 0.25) is 0 Å². The Hall–Kier alpha value is -3.09. The standard InChI is InChI=1S/C14H9FN4O2/c15-11-4-1-9(2-5-11)10-3-6-13(12(7-10)14(20)21)19-8-16-17-18-19/h1-8H,(H,20,21). The molecule has 21 heavy (non-hydrogen) atoms. The van der Waals surface area contributed by atoms with Gasteiger partial charge in [0.1, 0.15) is 12.1 Å². The van der Waals surface area contributed by atoms with E-state index in [0.29, 0.717) is 11.3 Å². The van der Waals surface area contributed by atoms with Crippen LogP contribution < -0.4 is 0 Å². The summed E-state index contributed by atoms with van der Waals surface area (Å²) in [5, 5.41) is 20.0. The topological polar surface area (TPSA) is 80.9 Å². The van der Waals surface area contributed by atoms with Crippen LogP contribution >= 0.6 is 0 Å². The van der Waals surface area contributed by atoms with Crippen LogP contribution in [0.15, 0.2) is 48.8 Å². The van der Waals surface area contributed by atoms with Crippen LogP contribution in [0, 0.1) is 5.82 Å². The lowest BCUT2D eigenvalue weighted by atomic mass is 10.0. The van der Waals surface area contributed by atoms with Crippen molar-refractivity contribution in [1.29, 1.82) is 0 Å². The van der Waals surface area contributed by atoms with Crippen molar-refractivity contribution < 1.29 is 14.3 Å². The number of carboxylic acid groups (broad SMARTS) is 1. The summed E-state index contributed by atoms with van der Waals surface area (Å²) in [6.07, 6.45) is 1.32. The van der Waals surface area contributed by atoms with Gasteiger partial charge in [-0.1, -0.05) is 18.2 Å². The molecule has 0 radical (unpaired) electrons. The van der Waals surface area contributed by atoms with Gasteiger partial charge in [0, 0.05) is 0 Å². The first-order valence-electron chi connectivity index (χ1n) is 6.02. The first kappa shape index (κ1) is 12.9. The Labute approximate surface area is 118 Å². The number of carboxylic acids is 1. The highest BCUT2D eigenvalue weighted by Crippen LogP contribution is 2.24. The number of benzene rings is 2. The fraction of sp³-hybridized carbons (Fsp3) is 0. The van der Waals surface area contributed by atoms with Gasteiger partial charge in [0.2, 0.25) is 0 Å². The van der Waals surface area contributed by atoms with Gasteiger partial charge in [-0.2, -0.15) is 4.68 Å². The number of aromatic nitrogens is 4. The third kappa shape index (κ3) is 2.48. The molecule has 104 valence electrons. The smallest absolute Gasteiger partial charge is 0.337 e. The molecule has 0 aliphatic heterocycles. The van der Waals surface area contributed by atoms with Crippen LogP contribution in [0.25, 0.3) is 16.8 Å². The molecule has 1 heterocycles. The fourth-order valence-electron chi connectivity index (χ4n) is 2.00. The van der Waals surface area contributed by atoms with Gasteiger partial charge in [0.15, 0.2) is 0 Å². The summed E-state index contributed by atoms with van der Waals surface area (Å²) >= 11 is 0. The molecule has 6 nitrogen and oxygen atoms in total. The lowest BCUT2D eigenvalue weighted by Gasteiger charge is -2.08. The molecule has 3 rings (SSSR count). The second kappa shape index (κ2) is 5.12. The van der Waals surface area contributed by atoms with Crippen molar-refractivity contribution in [3.63, 3.8) is 0 Å². The van der Waals surface area contributed by atoms with E-state index in [1.165, 1.54) is 29.2 Å². The van der Waals surface area contributed by atoms with Gasteiger partial charge in [-0.3, -0.25) is 0 Å². The maximum atomic E-state index is 12.9. The van der Waals surface area contributed by atoms with Crippen LogP contribution in [-0.4, -0.2) is 31.3 Å². The molecule has 0 saturated heterocycles. The van der Waals surface area contributed by atoms with Gasteiger partial charge in [-0.15, -0.1) is 5.10 Å². The Morgan fingerprint density at radius 1 is 1.10 bits per heavy atom.